The Kier molecular flexibility index (Phi) is 6.83. The summed E-state index contributed by atoms with van der Waals surface area (Å²) in [5, 5.41) is 11.4. The molecule has 2 N–H and O–H groups in total. The number of benzene rings is 2. The van der Waals surface area contributed by atoms with E-state index in [4.69, 9.17) is 9.84 Å². The summed E-state index contributed by atoms with van der Waals surface area (Å²) in [6.07, 6.45) is 1.31. The van der Waals surface area contributed by atoms with Crippen LogP contribution in [0.1, 0.15) is 35.2 Å². The van der Waals surface area contributed by atoms with Crippen LogP contribution >= 0.6 is 0 Å². The van der Waals surface area contributed by atoms with Crippen LogP contribution in [0, 0.1) is 0 Å². The van der Waals surface area contributed by atoms with E-state index in [0.717, 1.165) is 11.3 Å². The number of ether oxygens (including phenoxy) is 1. The molecular weight excluding hydrogens is 306 g/mol. The van der Waals surface area contributed by atoms with E-state index in [1.807, 2.05) is 48.5 Å². The molecule has 0 aliphatic rings. The molecule has 0 heterocycles. The molecule has 0 atom stereocenters. The summed E-state index contributed by atoms with van der Waals surface area (Å²) in [5.74, 6) is -0.233. The molecule has 2 rings (SSSR count). The van der Waals surface area contributed by atoms with Gasteiger partial charge in [-0.2, -0.15) is 0 Å². The standard InChI is InChI=1S/C19H21NO4/c21-18(22)12-6-7-13-20-19(23)17-11-5-4-8-15(17)14-24-16-9-2-1-3-10-16/h1-5,8-11H,6-7,12-14H2,(H,20,23)(H,21,22). The summed E-state index contributed by atoms with van der Waals surface area (Å²) in [6.45, 7) is 0.770. The number of carboxylic acids is 1. The predicted octanol–water partition coefficient (Wildman–Crippen LogP) is 3.25. The number of amides is 1. The van der Waals surface area contributed by atoms with Crippen LogP contribution in [0.4, 0.5) is 0 Å². The van der Waals surface area contributed by atoms with Gasteiger partial charge in [-0.05, 0) is 31.0 Å². The zero-order valence-corrected chi connectivity index (χ0v) is 13.4. The lowest BCUT2D eigenvalue weighted by molar-refractivity contribution is -0.137. The minimum absolute atomic E-state index is 0.122. The molecule has 24 heavy (non-hydrogen) atoms. The third-order valence-corrected chi connectivity index (χ3v) is 3.50. The van der Waals surface area contributed by atoms with Crippen LogP contribution in [-0.2, 0) is 11.4 Å². The molecule has 5 nitrogen and oxygen atoms in total. The van der Waals surface area contributed by atoms with E-state index in [1.165, 1.54) is 0 Å². The van der Waals surface area contributed by atoms with E-state index >= 15 is 0 Å². The minimum atomic E-state index is -0.815. The van der Waals surface area contributed by atoms with Gasteiger partial charge in [0.1, 0.15) is 12.4 Å². The lowest BCUT2D eigenvalue weighted by atomic mass is 10.1. The molecule has 0 saturated carbocycles. The van der Waals surface area contributed by atoms with E-state index in [0.29, 0.717) is 31.6 Å². The molecule has 0 saturated heterocycles. The van der Waals surface area contributed by atoms with Crippen LogP contribution in [0.5, 0.6) is 5.75 Å². The number of hydrogen-bond acceptors (Lipinski definition) is 3. The van der Waals surface area contributed by atoms with Crippen molar-refractivity contribution in [2.75, 3.05) is 6.54 Å². The zero-order valence-electron chi connectivity index (χ0n) is 13.4. The maximum atomic E-state index is 12.3. The Bertz CT molecular complexity index is 670. The molecule has 0 aliphatic heterocycles. The molecule has 0 radical (unpaired) electrons. The van der Waals surface area contributed by atoms with E-state index in [-0.39, 0.29) is 12.3 Å². The molecule has 126 valence electrons. The smallest absolute Gasteiger partial charge is 0.303 e. The Morgan fingerprint density at radius 2 is 1.67 bits per heavy atom. The van der Waals surface area contributed by atoms with Gasteiger partial charge in [0.05, 0.1) is 0 Å². The summed E-state index contributed by atoms with van der Waals surface area (Å²) in [6, 6.07) is 16.7. The van der Waals surface area contributed by atoms with Gasteiger partial charge in [-0.25, -0.2) is 0 Å². The maximum absolute atomic E-state index is 12.3. The van der Waals surface area contributed by atoms with Gasteiger partial charge in [-0.3, -0.25) is 9.59 Å². The Morgan fingerprint density at radius 1 is 0.958 bits per heavy atom. The summed E-state index contributed by atoms with van der Waals surface area (Å²) in [5.41, 5.74) is 1.39. The van der Waals surface area contributed by atoms with Crippen LogP contribution < -0.4 is 10.1 Å². The summed E-state index contributed by atoms with van der Waals surface area (Å²) in [4.78, 5) is 22.7. The topological polar surface area (TPSA) is 75.6 Å². The number of nitrogens with one attached hydrogen (secondary N) is 1. The average molecular weight is 327 g/mol. The first-order valence-corrected chi connectivity index (χ1v) is 7.92. The van der Waals surface area contributed by atoms with Crippen molar-refractivity contribution in [2.45, 2.75) is 25.9 Å². The highest BCUT2D eigenvalue weighted by Crippen LogP contribution is 2.14. The van der Waals surface area contributed by atoms with E-state index in [1.54, 1.807) is 6.07 Å². The van der Waals surface area contributed by atoms with Gasteiger partial charge < -0.3 is 15.2 Å². The predicted molar refractivity (Wildman–Crippen MR) is 91.0 cm³/mol. The summed E-state index contributed by atoms with van der Waals surface area (Å²) < 4.78 is 5.71. The molecule has 1 amide bonds. The zero-order chi connectivity index (χ0) is 17.2. The van der Waals surface area contributed by atoms with E-state index in [2.05, 4.69) is 5.32 Å². The molecule has 0 unspecified atom stereocenters. The average Bonchev–Trinajstić information content (AvgIpc) is 2.60. The van der Waals surface area contributed by atoms with Crippen molar-refractivity contribution in [3.05, 3.63) is 65.7 Å². The fraction of sp³-hybridized carbons (Fsp3) is 0.263. The lowest BCUT2D eigenvalue weighted by Gasteiger charge is -2.11. The highest BCUT2D eigenvalue weighted by Gasteiger charge is 2.11. The Labute approximate surface area is 141 Å². The van der Waals surface area contributed by atoms with Gasteiger partial charge in [0.2, 0.25) is 0 Å². The minimum Gasteiger partial charge on any atom is -0.489 e. The second-order valence-electron chi connectivity index (χ2n) is 5.37. The van der Waals surface area contributed by atoms with Crippen LogP contribution in [0.2, 0.25) is 0 Å². The normalized spacial score (nSPS) is 10.2. The number of carbonyl (C=O) groups excluding carboxylic acids is 1. The van der Waals surface area contributed by atoms with Crippen LogP contribution in [-0.4, -0.2) is 23.5 Å². The van der Waals surface area contributed by atoms with Gasteiger partial charge in [-0.15, -0.1) is 0 Å². The van der Waals surface area contributed by atoms with Crippen molar-refractivity contribution < 1.29 is 19.4 Å². The molecule has 2 aromatic rings. The Morgan fingerprint density at radius 3 is 2.42 bits per heavy atom. The number of aliphatic carboxylic acids is 1. The first kappa shape index (κ1) is 17.5. The van der Waals surface area contributed by atoms with Gasteiger partial charge in [0.25, 0.3) is 5.91 Å². The van der Waals surface area contributed by atoms with Gasteiger partial charge in [0.15, 0.2) is 0 Å². The van der Waals surface area contributed by atoms with Crippen LogP contribution in [0.25, 0.3) is 0 Å². The van der Waals surface area contributed by atoms with Crippen LogP contribution in [0.15, 0.2) is 54.6 Å². The highest BCUT2D eigenvalue weighted by molar-refractivity contribution is 5.95. The number of carboxylic acid groups (broad SMARTS) is 1. The molecule has 2 aromatic carbocycles. The quantitative estimate of drug-likeness (QED) is 0.693. The second kappa shape index (κ2) is 9.35. The number of para-hydroxylation sites is 1. The number of rotatable bonds is 9. The monoisotopic (exact) mass is 327 g/mol. The molecule has 0 aromatic heterocycles. The second-order valence-corrected chi connectivity index (χ2v) is 5.37. The molecule has 5 heteroatoms. The van der Waals surface area contributed by atoms with Crippen molar-refractivity contribution in [1.82, 2.24) is 5.32 Å². The third-order valence-electron chi connectivity index (χ3n) is 3.50. The van der Waals surface area contributed by atoms with E-state index < -0.39 is 5.97 Å². The largest absolute Gasteiger partial charge is 0.489 e. The van der Waals surface area contributed by atoms with Crippen molar-refractivity contribution in [1.29, 1.82) is 0 Å². The maximum Gasteiger partial charge on any atom is 0.303 e. The van der Waals surface area contributed by atoms with Gasteiger partial charge in [0, 0.05) is 24.1 Å². The SMILES string of the molecule is O=C(O)CCCCNC(=O)c1ccccc1COc1ccccc1. The fourth-order valence-corrected chi connectivity index (χ4v) is 2.24. The number of hydrogen-bond donors (Lipinski definition) is 2. The third kappa shape index (κ3) is 5.76. The van der Waals surface area contributed by atoms with Crippen molar-refractivity contribution in [3.63, 3.8) is 0 Å². The van der Waals surface area contributed by atoms with E-state index in [9.17, 15) is 9.59 Å². The first-order valence-electron chi connectivity index (χ1n) is 7.92. The number of carbonyl (C=O) groups is 2. The summed E-state index contributed by atoms with van der Waals surface area (Å²) >= 11 is 0. The van der Waals surface area contributed by atoms with Crippen LogP contribution in [0.3, 0.4) is 0 Å². The molecular formula is C19H21NO4. The van der Waals surface area contributed by atoms with Crippen molar-refractivity contribution >= 4 is 11.9 Å². The molecule has 0 fully saturated rings. The summed E-state index contributed by atoms with van der Waals surface area (Å²) in [7, 11) is 0. The highest BCUT2D eigenvalue weighted by atomic mass is 16.5. The first-order chi connectivity index (χ1) is 11.7. The number of unbranched alkanes of at least 4 members (excludes halogenated alkanes) is 1. The van der Waals surface area contributed by atoms with Gasteiger partial charge >= 0.3 is 5.97 Å². The fourth-order valence-electron chi connectivity index (χ4n) is 2.24. The molecule has 0 aliphatic carbocycles. The van der Waals surface area contributed by atoms with Crippen molar-refractivity contribution in [2.24, 2.45) is 0 Å². The van der Waals surface area contributed by atoms with Gasteiger partial charge in [-0.1, -0.05) is 36.4 Å². The molecule has 0 spiro atoms. The van der Waals surface area contributed by atoms with Crippen molar-refractivity contribution in [3.8, 4) is 5.75 Å². The lowest BCUT2D eigenvalue weighted by Crippen LogP contribution is -2.25. The Hall–Kier alpha value is -2.82. The Balaban J connectivity index is 1.87. The molecule has 0 bridgehead atoms.